The molecule has 3 heteroatoms. The minimum Gasteiger partial charge on any atom is -0.380 e. The van der Waals surface area contributed by atoms with Gasteiger partial charge in [0.2, 0.25) is 0 Å². The van der Waals surface area contributed by atoms with E-state index in [0.717, 1.165) is 26.3 Å². The van der Waals surface area contributed by atoms with Crippen LogP contribution < -0.4 is 5.32 Å². The zero-order chi connectivity index (χ0) is 7.82. The van der Waals surface area contributed by atoms with Crippen molar-refractivity contribution in [1.82, 2.24) is 5.32 Å². The highest BCUT2D eigenvalue weighted by Crippen LogP contribution is 1.88. The van der Waals surface area contributed by atoms with Crippen LogP contribution >= 0.6 is 11.6 Å². The molecular weight excluding hydrogens is 150 g/mol. The second-order valence-corrected chi connectivity index (χ2v) is 2.93. The molecule has 0 aliphatic rings. The molecule has 1 unspecified atom stereocenters. The predicted octanol–water partition coefficient (Wildman–Crippen LogP) is 1.24. The molecule has 0 saturated carbocycles. The largest absolute Gasteiger partial charge is 0.380 e. The fraction of sp³-hybridized carbons (Fsp3) is 1.00. The molecule has 10 heavy (non-hydrogen) atoms. The Balaban J connectivity index is 2.77. The summed E-state index contributed by atoms with van der Waals surface area (Å²) in [6.07, 6.45) is 0. The molecule has 0 fully saturated rings. The smallest absolute Gasteiger partial charge is 0.0590 e. The summed E-state index contributed by atoms with van der Waals surface area (Å²) < 4.78 is 5.11. The maximum Gasteiger partial charge on any atom is 0.0590 e. The molecule has 62 valence electrons. The third-order valence-corrected chi connectivity index (χ3v) is 1.21. The Morgan fingerprint density at radius 2 is 2.30 bits per heavy atom. The van der Waals surface area contributed by atoms with Crippen molar-refractivity contribution < 1.29 is 4.74 Å². The Hall–Kier alpha value is 0.210. The molecule has 0 aliphatic heterocycles. The van der Waals surface area contributed by atoms with Gasteiger partial charge in [0.15, 0.2) is 0 Å². The number of halogens is 1. The molecule has 1 atom stereocenters. The van der Waals surface area contributed by atoms with E-state index < -0.39 is 0 Å². The molecule has 0 rings (SSSR count). The average molecular weight is 166 g/mol. The molecule has 0 aromatic carbocycles. The Bertz CT molecular complexity index is 68.6. The van der Waals surface area contributed by atoms with E-state index in [1.807, 2.05) is 13.8 Å². The maximum absolute atomic E-state index is 5.69. The van der Waals surface area contributed by atoms with Crippen molar-refractivity contribution in [2.75, 3.05) is 26.3 Å². The average Bonchev–Trinajstić information content (AvgIpc) is 1.87. The molecule has 0 aliphatic carbocycles. The fourth-order valence-corrected chi connectivity index (χ4v) is 0.699. The van der Waals surface area contributed by atoms with Gasteiger partial charge in [-0.05, 0) is 13.8 Å². The van der Waals surface area contributed by atoms with Crippen molar-refractivity contribution in [3.05, 3.63) is 0 Å². The van der Waals surface area contributed by atoms with Crippen molar-refractivity contribution >= 4 is 11.6 Å². The summed E-state index contributed by atoms with van der Waals surface area (Å²) in [6.45, 7) is 7.27. The first-order valence-corrected chi connectivity index (χ1v) is 4.13. The summed E-state index contributed by atoms with van der Waals surface area (Å²) in [5.74, 6) is 0. The van der Waals surface area contributed by atoms with Crippen molar-refractivity contribution in [1.29, 1.82) is 0 Å². The second kappa shape index (κ2) is 7.32. The van der Waals surface area contributed by atoms with Gasteiger partial charge in [-0.25, -0.2) is 0 Å². The first kappa shape index (κ1) is 10.2. The number of ether oxygens (including phenoxy) is 1. The van der Waals surface area contributed by atoms with Crippen LogP contribution in [0.5, 0.6) is 0 Å². The monoisotopic (exact) mass is 165 g/mol. The molecule has 0 spiro atoms. The second-order valence-electron chi connectivity index (χ2n) is 2.18. The van der Waals surface area contributed by atoms with Gasteiger partial charge in [0, 0.05) is 25.1 Å². The first-order valence-electron chi connectivity index (χ1n) is 3.70. The Morgan fingerprint density at radius 3 is 2.80 bits per heavy atom. The van der Waals surface area contributed by atoms with E-state index in [1.54, 1.807) is 0 Å². The summed E-state index contributed by atoms with van der Waals surface area (Å²) in [5, 5.41) is 3.37. The van der Waals surface area contributed by atoms with E-state index in [1.165, 1.54) is 0 Å². The maximum atomic E-state index is 5.69. The van der Waals surface area contributed by atoms with E-state index in [-0.39, 0.29) is 5.38 Å². The Morgan fingerprint density at radius 1 is 1.60 bits per heavy atom. The van der Waals surface area contributed by atoms with Crippen LogP contribution in [0.2, 0.25) is 0 Å². The fourth-order valence-electron chi connectivity index (χ4n) is 0.590. The highest BCUT2D eigenvalue weighted by Gasteiger charge is 1.92. The highest BCUT2D eigenvalue weighted by atomic mass is 35.5. The van der Waals surface area contributed by atoms with Crippen LogP contribution in [0.25, 0.3) is 0 Å². The molecule has 0 heterocycles. The summed E-state index contributed by atoms with van der Waals surface area (Å²) in [4.78, 5) is 0. The summed E-state index contributed by atoms with van der Waals surface area (Å²) in [6, 6.07) is 0. The summed E-state index contributed by atoms with van der Waals surface area (Å²) >= 11 is 5.69. The minimum absolute atomic E-state index is 0.210. The van der Waals surface area contributed by atoms with E-state index in [4.69, 9.17) is 16.3 Å². The topological polar surface area (TPSA) is 21.3 Å². The molecule has 0 radical (unpaired) electrons. The highest BCUT2D eigenvalue weighted by molar-refractivity contribution is 6.20. The number of hydrogen-bond acceptors (Lipinski definition) is 2. The number of rotatable bonds is 6. The van der Waals surface area contributed by atoms with Gasteiger partial charge >= 0.3 is 0 Å². The van der Waals surface area contributed by atoms with Gasteiger partial charge in [-0.2, -0.15) is 0 Å². The lowest BCUT2D eigenvalue weighted by Gasteiger charge is -2.04. The quantitative estimate of drug-likeness (QED) is 0.473. The lowest BCUT2D eigenvalue weighted by molar-refractivity contribution is 0.149. The Labute approximate surface area is 67.9 Å². The van der Waals surface area contributed by atoms with Gasteiger partial charge in [-0.15, -0.1) is 11.6 Å². The summed E-state index contributed by atoms with van der Waals surface area (Å²) in [7, 11) is 0. The van der Waals surface area contributed by atoms with Gasteiger partial charge < -0.3 is 10.1 Å². The third-order valence-electron chi connectivity index (χ3n) is 1.05. The summed E-state index contributed by atoms with van der Waals surface area (Å²) in [5.41, 5.74) is 0. The lowest BCUT2D eigenvalue weighted by Crippen LogP contribution is -2.25. The molecule has 2 nitrogen and oxygen atoms in total. The van der Waals surface area contributed by atoms with Crippen LogP contribution in [-0.2, 0) is 4.74 Å². The van der Waals surface area contributed by atoms with Gasteiger partial charge in [-0.3, -0.25) is 0 Å². The van der Waals surface area contributed by atoms with Crippen LogP contribution in [0.4, 0.5) is 0 Å². The van der Waals surface area contributed by atoms with Crippen molar-refractivity contribution in [2.45, 2.75) is 19.2 Å². The van der Waals surface area contributed by atoms with Gasteiger partial charge in [0.05, 0.1) is 6.61 Å². The van der Waals surface area contributed by atoms with E-state index in [9.17, 15) is 0 Å². The van der Waals surface area contributed by atoms with Crippen LogP contribution in [0.3, 0.4) is 0 Å². The Kier molecular flexibility index (Phi) is 7.47. The molecule has 0 saturated heterocycles. The zero-order valence-corrected chi connectivity index (χ0v) is 7.45. The van der Waals surface area contributed by atoms with Gasteiger partial charge in [0.25, 0.3) is 0 Å². The van der Waals surface area contributed by atoms with Gasteiger partial charge in [0.1, 0.15) is 0 Å². The van der Waals surface area contributed by atoms with Gasteiger partial charge in [-0.1, -0.05) is 0 Å². The SMILES string of the molecule is CCOCCNCC(C)Cl. The third kappa shape index (κ3) is 8.21. The number of hydrogen-bond donors (Lipinski definition) is 1. The van der Waals surface area contributed by atoms with Crippen LogP contribution in [0.1, 0.15) is 13.8 Å². The lowest BCUT2D eigenvalue weighted by atomic mass is 10.4. The predicted molar refractivity (Wildman–Crippen MR) is 44.7 cm³/mol. The molecule has 0 aromatic heterocycles. The van der Waals surface area contributed by atoms with Crippen molar-refractivity contribution in [3.8, 4) is 0 Å². The molecule has 0 amide bonds. The van der Waals surface area contributed by atoms with Crippen molar-refractivity contribution in [3.63, 3.8) is 0 Å². The van der Waals surface area contributed by atoms with Crippen LogP contribution in [0, 0.1) is 0 Å². The minimum atomic E-state index is 0.210. The number of nitrogens with one attached hydrogen (secondary N) is 1. The van der Waals surface area contributed by atoms with E-state index in [0.29, 0.717) is 0 Å². The number of alkyl halides is 1. The first-order chi connectivity index (χ1) is 4.77. The standard InChI is InChI=1S/C7H16ClNO/c1-3-10-5-4-9-6-7(2)8/h7,9H,3-6H2,1-2H3. The molecule has 1 N–H and O–H groups in total. The van der Waals surface area contributed by atoms with Crippen LogP contribution in [-0.4, -0.2) is 31.7 Å². The molecule has 0 aromatic rings. The molecule has 0 bridgehead atoms. The van der Waals surface area contributed by atoms with Crippen molar-refractivity contribution in [2.24, 2.45) is 0 Å². The van der Waals surface area contributed by atoms with Crippen LogP contribution in [0.15, 0.2) is 0 Å². The normalized spacial score (nSPS) is 13.5. The molecular formula is C7H16ClNO. The van der Waals surface area contributed by atoms with E-state index >= 15 is 0 Å². The van der Waals surface area contributed by atoms with E-state index in [2.05, 4.69) is 5.32 Å². The zero-order valence-electron chi connectivity index (χ0n) is 6.69.